The van der Waals surface area contributed by atoms with E-state index in [4.69, 9.17) is 30.9 Å². The van der Waals surface area contributed by atoms with Gasteiger partial charge in [-0.05, 0) is 36.8 Å². The van der Waals surface area contributed by atoms with Gasteiger partial charge < -0.3 is 30.0 Å². The van der Waals surface area contributed by atoms with Crippen molar-refractivity contribution in [1.82, 2.24) is 14.9 Å². The number of nitrogens with zero attached hydrogens (tertiary/aromatic N) is 3. The summed E-state index contributed by atoms with van der Waals surface area (Å²) < 4.78 is 45.6. The fourth-order valence-corrected chi connectivity index (χ4v) is 4.86. The maximum absolute atomic E-state index is 14.9. The predicted molar refractivity (Wildman–Crippen MR) is 150 cm³/mol. The van der Waals surface area contributed by atoms with Gasteiger partial charge in [0.05, 0.1) is 48.8 Å². The zero-order valence-electron chi connectivity index (χ0n) is 22.1. The molecule has 0 radical (unpaired) electrons. The number of aliphatic hydroxyl groups excluding tert-OH is 1. The van der Waals surface area contributed by atoms with Crippen molar-refractivity contribution in [1.29, 1.82) is 0 Å². The molecule has 0 spiro atoms. The lowest BCUT2D eigenvalue weighted by Crippen LogP contribution is -2.25. The molecule has 10 nitrogen and oxygen atoms in total. The molecule has 2 aliphatic heterocycles. The molecule has 1 amide bonds. The molecule has 0 aliphatic carbocycles. The van der Waals surface area contributed by atoms with E-state index in [0.717, 1.165) is 6.42 Å². The van der Waals surface area contributed by atoms with Crippen molar-refractivity contribution in [3.8, 4) is 5.75 Å². The second-order valence-electron chi connectivity index (χ2n) is 9.72. The quantitative estimate of drug-likeness (QED) is 0.283. The Labute approximate surface area is 240 Å². The van der Waals surface area contributed by atoms with Gasteiger partial charge in [-0.3, -0.25) is 9.69 Å². The monoisotopic (exact) mass is 589 g/mol. The number of rotatable bonds is 11. The van der Waals surface area contributed by atoms with E-state index in [1.165, 1.54) is 30.6 Å². The Morgan fingerprint density at radius 2 is 2.12 bits per heavy atom. The van der Waals surface area contributed by atoms with Gasteiger partial charge in [-0.25, -0.2) is 18.7 Å². The Kier molecular flexibility index (Phi) is 9.57. The molecule has 2 unspecified atom stereocenters. The van der Waals surface area contributed by atoms with Gasteiger partial charge in [0.2, 0.25) is 0 Å². The number of likely N-dealkylation sites (tertiary alicyclic amines) is 1. The summed E-state index contributed by atoms with van der Waals surface area (Å²) in [5.74, 6) is -1.74. The van der Waals surface area contributed by atoms with E-state index in [9.17, 15) is 13.6 Å². The summed E-state index contributed by atoms with van der Waals surface area (Å²) in [5.41, 5.74) is 1.22. The van der Waals surface area contributed by atoms with Gasteiger partial charge in [0.15, 0.2) is 5.83 Å². The smallest absolute Gasteiger partial charge is 0.284 e. The summed E-state index contributed by atoms with van der Waals surface area (Å²) in [6.45, 7) is 2.67. The molecule has 2 atom stereocenters. The molecule has 0 saturated carbocycles. The normalized spacial score (nSPS) is 19.6. The van der Waals surface area contributed by atoms with Crippen LogP contribution in [0.5, 0.6) is 5.75 Å². The number of carbonyl (C=O) groups is 1. The summed E-state index contributed by atoms with van der Waals surface area (Å²) in [5, 5.41) is 15.1. The largest absolute Gasteiger partial charge is 0.486 e. The minimum Gasteiger partial charge on any atom is -0.486 e. The highest BCUT2D eigenvalue weighted by Gasteiger charge is 2.24. The zero-order valence-corrected chi connectivity index (χ0v) is 22.9. The molecule has 41 heavy (non-hydrogen) atoms. The lowest BCUT2D eigenvalue weighted by atomic mass is 10.1. The fourth-order valence-electron chi connectivity index (χ4n) is 4.68. The van der Waals surface area contributed by atoms with E-state index in [1.807, 2.05) is 4.90 Å². The second-order valence-corrected chi connectivity index (χ2v) is 10.1. The molecule has 5 rings (SSSR count). The lowest BCUT2D eigenvalue weighted by molar-refractivity contribution is -0.114. The Bertz CT molecular complexity index is 1420. The predicted octanol–water partition coefficient (Wildman–Crippen LogP) is 4.21. The first-order valence-electron chi connectivity index (χ1n) is 13.3. The van der Waals surface area contributed by atoms with Crippen LogP contribution in [0, 0.1) is 5.82 Å². The van der Waals surface area contributed by atoms with Gasteiger partial charge in [0.1, 0.15) is 29.8 Å². The van der Waals surface area contributed by atoms with Crippen molar-refractivity contribution in [2.24, 2.45) is 0 Å². The van der Waals surface area contributed by atoms with Crippen molar-refractivity contribution >= 4 is 45.6 Å². The molecule has 1 aromatic heterocycles. The fraction of sp³-hybridized carbons (Fsp3) is 0.393. The highest BCUT2D eigenvalue weighted by atomic mass is 35.5. The molecular weight excluding hydrogens is 560 g/mol. The van der Waals surface area contributed by atoms with Crippen molar-refractivity contribution in [2.75, 3.05) is 56.7 Å². The van der Waals surface area contributed by atoms with E-state index in [0.29, 0.717) is 60.9 Å². The van der Waals surface area contributed by atoms with Gasteiger partial charge in [-0.1, -0.05) is 11.6 Å². The van der Waals surface area contributed by atoms with Crippen molar-refractivity contribution in [2.45, 2.75) is 25.0 Å². The van der Waals surface area contributed by atoms with Crippen LogP contribution in [-0.4, -0.2) is 84.2 Å². The molecule has 2 aromatic carbocycles. The molecule has 2 saturated heterocycles. The summed E-state index contributed by atoms with van der Waals surface area (Å²) in [6.07, 6.45) is 3.76. The highest BCUT2D eigenvalue weighted by molar-refractivity contribution is 6.31. The number of halogens is 3. The summed E-state index contributed by atoms with van der Waals surface area (Å²) in [4.78, 5) is 23.5. The molecule has 2 aliphatic rings. The van der Waals surface area contributed by atoms with Crippen LogP contribution in [-0.2, 0) is 14.3 Å². The van der Waals surface area contributed by atoms with E-state index in [1.54, 1.807) is 12.1 Å². The first-order chi connectivity index (χ1) is 19.9. The molecule has 0 bridgehead atoms. The molecule has 2 fully saturated rings. The number of benzene rings is 2. The average molecular weight is 590 g/mol. The van der Waals surface area contributed by atoms with E-state index >= 15 is 0 Å². The number of carbonyl (C=O) groups excluding carboxylic acids is 1. The van der Waals surface area contributed by atoms with Crippen LogP contribution in [0.15, 0.2) is 48.6 Å². The number of fused-ring (bicyclic) bond motifs is 1. The second kappa shape index (κ2) is 13.5. The summed E-state index contributed by atoms with van der Waals surface area (Å²) in [7, 11) is 0. The number of nitrogens with one attached hydrogen (secondary N) is 2. The third-order valence-corrected chi connectivity index (χ3v) is 7.06. The third-order valence-electron chi connectivity index (χ3n) is 6.77. The minimum absolute atomic E-state index is 0.0275. The van der Waals surface area contributed by atoms with Crippen LogP contribution < -0.4 is 15.4 Å². The van der Waals surface area contributed by atoms with E-state index < -0.39 is 17.6 Å². The maximum Gasteiger partial charge on any atom is 0.284 e. The molecule has 3 N–H and O–H groups in total. The number of aliphatic hydroxyl groups is 1. The molecule has 3 heterocycles. The lowest BCUT2D eigenvalue weighted by Gasteiger charge is -2.18. The van der Waals surface area contributed by atoms with E-state index in [2.05, 4.69) is 20.6 Å². The maximum atomic E-state index is 14.9. The summed E-state index contributed by atoms with van der Waals surface area (Å²) >= 11 is 5.93. The molecule has 3 aromatic rings. The van der Waals surface area contributed by atoms with Crippen LogP contribution in [0.4, 0.5) is 26.0 Å². The number of hydrogen-bond acceptors (Lipinski definition) is 9. The van der Waals surface area contributed by atoms with Gasteiger partial charge in [0.25, 0.3) is 5.91 Å². The van der Waals surface area contributed by atoms with E-state index in [-0.39, 0.29) is 42.7 Å². The van der Waals surface area contributed by atoms with Crippen LogP contribution in [0.2, 0.25) is 5.02 Å². The first-order valence-corrected chi connectivity index (χ1v) is 13.6. The minimum atomic E-state index is -0.941. The topological polar surface area (TPSA) is 118 Å². The van der Waals surface area contributed by atoms with Crippen molar-refractivity contribution in [3.05, 3.63) is 59.4 Å². The third kappa shape index (κ3) is 7.46. The Morgan fingerprint density at radius 1 is 1.24 bits per heavy atom. The Morgan fingerprint density at radius 3 is 2.90 bits per heavy atom. The van der Waals surface area contributed by atoms with Crippen LogP contribution in [0.1, 0.15) is 12.8 Å². The average Bonchev–Trinajstić information content (AvgIpc) is 3.65. The first kappa shape index (κ1) is 29.1. The zero-order chi connectivity index (χ0) is 28.8. The number of ether oxygens (including phenoxy) is 3. The molecular formula is C28H30ClF2N5O5. The van der Waals surface area contributed by atoms with Crippen molar-refractivity contribution < 1.29 is 32.9 Å². The van der Waals surface area contributed by atoms with Crippen LogP contribution >= 0.6 is 11.6 Å². The van der Waals surface area contributed by atoms with Gasteiger partial charge in [0, 0.05) is 43.2 Å². The number of amides is 1. The standard InChI is InChI=1S/C28H30ClF2N5O5/c29-21-11-17(1-2-22(21)30)34-27-20-12-25(26(13-24(20)32-16-33-27)41-19-5-9-39-15-19)35-28(38)23(31)4-7-36-6-3-18(14-36)40-10-8-37/h1-2,4,11-13,16,18-19,37H,3,5-10,14-15H2,(H,35,38)(H,32,33,34). The van der Waals surface area contributed by atoms with Gasteiger partial charge >= 0.3 is 0 Å². The Hall–Kier alpha value is -3.42. The SMILES string of the molecule is O=C(Nc1cc2c(Nc3ccc(F)c(Cl)c3)ncnc2cc1OC1CCOC1)C(F)=CCN1CCC(OCCO)C1. The van der Waals surface area contributed by atoms with Crippen molar-refractivity contribution in [3.63, 3.8) is 0 Å². The Balaban J connectivity index is 1.37. The highest BCUT2D eigenvalue weighted by Crippen LogP contribution is 2.35. The number of aromatic nitrogens is 2. The van der Waals surface area contributed by atoms with Crippen LogP contribution in [0.3, 0.4) is 0 Å². The van der Waals surface area contributed by atoms with Gasteiger partial charge in [-0.2, -0.15) is 0 Å². The number of hydrogen-bond donors (Lipinski definition) is 3. The van der Waals surface area contributed by atoms with Gasteiger partial charge in [-0.15, -0.1) is 0 Å². The molecule has 218 valence electrons. The summed E-state index contributed by atoms with van der Waals surface area (Å²) in [6, 6.07) is 7.41. The number of anilines is 3. The molecule has 13 heteroatoms. The van der Waals surface area contributed by atoms with Crippen LogP contribution in [0.25, 0.3) is 10.9 Å².